The van der Waals surface area contributed by atoms with Gasteiger partial charge in [-0.1, -0.05) is 31.2 Å². The Morgan fingerprint density at radius 1 is 1.54 bits per heavy atom. The van der Waals surface area contributed by atoms with Crippen molar-refractivity contribution < 1.29 is 9.53 Å². The molecule has 1 heterocycles. The molecule has 1 fully saturated rings. The van der Waals surface area contributed by atoms with Crippen LogP contribution in [0.5, 0.6) is 0 Å². The molecule has 2 N–H and O–H groups in total. The minimum absolute atomic E-state index is 0.0571. The maximum Gasteiger partial charge on any atom is 0.226 e. The molecule has 1 saturated carbocycles. The van der Waals surface area contributed by atoms with Crippen molar-refractivity contribution in [2.24, 2.45) is 11.3 Å². The lowest BCUT2D eigenvalue weighted by Gasteiger charge is -2.27. The Kier molecular flexibility index (Phi) is 3.27. The number of nitrogens with one attached hydrogen (secondary N) is 2. The average molecular weight is 323 g/mol. The molecule has 24 heavy (non-hydrogen) atoms. The topological polar surface area (TPSA) is 67.0 Å². The molecular weight excluding hydrogens is 302 g/mol. The summed E-state index contributed by atoms with van der Waals surface area (Å²) in [4.78, 5) is 19.5. The van der Waals surface area contributed by atoms with Crippen LogP contribution in [0.3, 0.4) is 0 Å². The lowest BCUT2D eigenvalue weighted by Crippen LogP contribution is -2.15. The molecule has 0 aliphatic heterocycles. The van der Waals surface area contributed by atoms with Gasteiger partial charge >= 0.3 is 0 Å². The number of ether oxygens (including phenoxy) is 1. The summed E-state index contributed by atoms with van der Waals surface area (Å²) in [5, 5.41) is 2.80. The minimum atomic E-state index is -0.0571. The number of aromatic amines is 1. The van der Waals surface area contributed by atoms with Crippen LogP contribution in [0.2, 0.25) is 0 Å². The Labute approximate surface area is 141 Å². The Morgan fingerprint density at radius 2 is 2.38 bits per heavy atom. The van der Waals surface area contributed by atoms with E-state index in [4.69, 9.17) is 4.74 Å². The third kappa shape index (κ3) is 2.08. The van der Waals surface area contributed by atoms with Gasteiger partial charge in [0.25, 0.3) is 0 Å². The van der Waals surface area contributed by atoms with Crippen LogP contribution in [0.15, 0.2) is 41.7 Å². The number of aromatic nitrogens is 2. The number of anilines is 1. The van der Waals surface area contributed by atoms with E-state index in [1.807, 2.05) is 13.8 Å². The van der Waals surface area contributed by atoms with E-state index in [2.05, 4.69) is 45.7 Å². The van der Waals surface area contributed by atoms with Crippen LogP contribution < -0.4 is 5.32 Å². The number of allylic oxidation sites excluding steroid dienone is 7. The van der Waals surface area contributed by atoms with Gasteiger partial charge in [0.15, 0.2) is 0 Å². The van der Waals surface area contributed by atoms with Crippen LogP contribution in [-0.2, 0) is 9.53 Å². The van der Waals surface area contributed by atoms with E-state index >= 15 is 0 Å². The highest BCUT2D eigenvalue weighted by Crippen LogP contribution is 2.65. The number of aryl methyl sites for hydroxylation is 1. The summed E-state index contributed by atoms with van der Waals surface area (Å²) in [6, 6.07) is 0. The smallest absolute Gasteiger partial charge is 0.226 e. The van der Waals surface area contributed by atoms with E-state index in [-0.39, 0.29) is 11.3 Å². The fourth-order valence-electron chi connectivity index (χ4n) is 3.73. The number of carbonyl (C=O) groups excluding carboxylic acids is 1. The Balaban J connectivity index is 1.80. The number of amides is 1. The third-order valence-corrected chi connectivity index (χ3v) is 5.14. The number of hydrogen-bond acceptors (Lipinski definition) is 3. The van der Waals surface area contributed by atoms with Gasteiger partial charge in [0.2, 0.25) is 11.9 Å². The molecule has 2 unspecified atom stereocenters. The zero-order chi connectivity index (χ0) is 16.9. The molecule has 0 radical (unpaired) electrons. The number of methoxy groups -OCH3 is 1. The van der Waals surface area contributed by atoms with Gasteiger partial charge in [0.1, 0.15) is 5.76 Å². The molecule has 1 aromatic heterocycles. The van der Waals surface area contributed by atoms with E-state index in [1.54, 1.807) is 7.11 Å². The van der Waals surface area contributed by atoms with Gasteiger partial charge in [-0.3, -0.25) is 10.1 Å². The van der Waals surface area contributed by atoms with Crippen LogP contribution >= 0.6 is 0 Å². The first kappa shape index (κ1) is 15.0. The third-order valence-electron chi connectivity index (χ3n) is 5.14. The zero-order valence-corrected chi connectivity index (χ0v) is 14.1. The largest absolute Gasteiger partial charge is 0.496 e. The minimum Gasteiger partial charge on any atom is -0.496 e. The predicted octanol–water partition coefficient (Wildman–Crippen LogP) is 3.50. The molecule has 5 nitrogen and oxygen atoms in total. The molecule has 5 heteroatoms. The molecule has 0 bridgehead atoms. The second-order valence-corrected chi connectivity index (χ2v) is 6.55. The van der Waals surface area contributed by atoms with Crippen molar-refractivity contribution >= 4 is 17.4 Å². The fraction of sp³-hybridized carbons (Fsp3) is 0.368. The Hall–Kier alpha value is -2.56. The van der Waals surface area contributed by atoms with E-state index in [0.717, 1.165) is 29.1 Å². The lowest BCUT2D eigenvalue weighted by atomic mass is 9.79. The molecule has 2 atom stereocenters. The normalized spacial score (nSPS) is 26.6. The summed E-state index contributed by atoms with van der Waals surface area (Å²) < 4.78 is 5.62. The summed E-state index contributed by atoms with van der Waals surface area (Å²) in [5.41, 5.74) is 4.15. The molecule has 0 saturated heterocycles. The number of imidazole rings is 1. The van der Waals surface area contributed by atoms with Crippen molar-refractivity contribution in [3.8, 4) is 0 Å². The summed E-state index contributed by atoms with van der Waals surface area (Å²) in [6.07, 6.45) is 12.4. The Morgan fingerprint density at radius 3 is 3.12 bits per heavy atom. The number of carbonyl (C=O) groups is 1. The number of nitrogens with zero attached hydrogens (tertiary/aromatic N) is 1. The monoisotopic (exact) mass is 323 g/mol. The molecule has 1 amide bonds. The molecular formula is C19H21N3O2. The van der Waals surface area contributed by atoms with Crippen LogP contribution in [0.25, 0.3) is 5.57 Å². The highest BCUT2D eigenvalue weighted by atomic mass is 16.5. The SMILES string of the molecule is CCC(=O)Nc1nc(C2=C(OC)C=CC34CC3C=CC=C24)c(C)[nH]1. The van der Waals surface area contributed by atoms with Crippen LogP contribution in [0, 0.1) is 18.3 Å². The standard InChI is InChI=1S/C19H21N3O2/c1-4-15(23)21-18-20-11(2)17(22-18)16-13-7-5-6-12-10-19(12,13)9-8-14(16)24-3/h5-9,12H,4,10H2,1-3H3,(H2,20,21,22,23). The average Bonchev–Trinajstić information content (AvgIpc) is 3.20. The first-order chi connectivity index (χ1) is 11.6. The van der Waals surface area contributed by atoms with Crippen molar-refractivity contribution in [1.29, 1.82) is 0 Å². The van der Waals surface area contributed by atoms with Gasteiger partial charge in [0, 0.05) is 23.1 Å². The second kappa shape index (κ2) is 5.23. The van der Waals surface area contributed by atoms with Gasteiger partial charge in [-0.2, -0.15) is 0 Å². The zero-order valence-electron chi connectivity index (χ0n) is 14.1. The number of rotatable bonds is 4. The highest BCUT2D eigenvalue weighted by Gasteiger charge is 2.56. The van der Waals surface area contributed by atoms with Crippen LogP contribution in [0.4, 0.5) is 5.95 Å². The van der Waals surface area contributed by atoms with Crippen molar-refractivity contribution in [2.45, 2.75) is 26.7 Å². The first-order valence-corrected chi connectivity index (χ1v) is 8.32. The van der Waals surface area contributed by atoms with Crippen molar-refractivity contribution in [2.75, 3.05) is 12.4 Å². The molecule has 1 aromatic rings. The number of hydrogen-bond donors (Lipinski definition) is 2. The number of H-pyrrole nitrogens is 1. The summed E-state index contributed by atoms with van der Waals surface area (Å²) in [6.45, 7) is 3.79. The van der Waals surface area contributed by atoms with Crippen molar-refractivity contribution in [3.63, 3.8) is 0 Å². The maximum atomic E-state index is 11.6. The molecule has 1 spiro atoms. The van der Waals surface area contributed by atoms with Crippen LogP contribution in [0.1, 0.15) is 31.2 Å². The van der Waals surface area contributed by atoms with Crippen molar-refractivity contribution in [1.82, 2.24) is 9.97 Å². The molecule has 4 rings (SSSR count). The fourth-order valence-corrected chi connectivity index (χ4v) is 3.73. The quantitative estimate of drug-likeness (QED) is 0.891. The van der Waals surface area contributed by atoms with Gasteiger partial charge in [0.05, 0.1) is 12.8 Å². The molecule has 0 aromatic carbocycles. The van der Waals surface area contributed by atoms with Gasteiger partial charge in [-0.25, -0.2) is 4.98 Å². The summed E-state index contributed by atoms with van der Waals surface area (Å²) in [5.74, 6) is 1.81. The van der Waals surface area contributed by atoms with Crippen molar-refractivity contribution in [3.05, 3.63) is 53.1 Å². The van der Waals surface area contributed by atoms with E-state index in [1.165, 1.54) is 5.57 Å². The highest BCUT2D eigenvalue weighted by molar-refractivity contribution is 5.91. The van der Waals surface area contributed by atoms with E-state index < -0.39 is 0 Å². The lowest BCUT2D eigenvalue weighted by molar-refractivity contribution is -0.115. The van der Waals surface area contributed by atoms with Gasteiger partial charge in [-0.05, 0) is 30.9 Å². The Bertz CT molecular complexity index is 841. The van der Waals surface area contributed by atoms with Crippen LogP contribution in [-0.4, -0.2) is 23.0 Å². The molecule has 3 aliphatic rings. The first-order valence-electron chi connectivity index (χ1n) is 8.32. The summed E-state index contributed by atoms with van der Waals surface area (Å²) in [7, 11) is 1.68. The second-order valence-electron chi connectivity index (χ2n) is 6.55. The van der Waals surface area contributed by atoms with E-state index in [9.17, 15) is 4.79 Å². The van der Waals surface area contributed by atoms with Gasteiger partial charge < -0.3 is 9.72 Å². The predicted molar refractivity (Wildman–Crippen MR) is 93.1 cm³/mol. The molecule has 3 aliphatic carbocycles. The maximum absolute atomic E-state index is 11.6. The van der Waals surface area contributed by atoms with E-state index in [0.29, 0.717) is 18.3 Å². The summed E-state index contributed by atoms with van der Waals surface area (Å²) >= 11 is 0. The molecule has 124 valence electrons. The van der Waals surface area contributed by atoms with Gasteiger partial charge in [-0.15, -0.1) is 0 Å².